The van der Waals surface area contributed by atoms with Gasteiger partial charge in [-0.05, 0) is 38.1 Å². The van der Waals surface area contributed by atoms with E-state index in [0.717, 1.165) is 31.7 Å². The summed E-state index contributed by atoms with van der Waals surface area (Å²) in [6.45, 7) is 8.57. The van der Waals surface area contributed by atoms with Crippen LogP contribution in [0.15, 0.2) is 22.8 Å². The Balaban J connectivity index is 2.85. The third kappa shape index (κ3) is 3.09. The zero-order chi connectivity index (χ0) is 12.0. The van der Waals surface area contributed by atoms with Crippen molar-refractivity contribution in [3.05, 3.63) is 24.2 Å². The molecule has 1 aromatic rings. The molecule has 0 spiro atoms. The van der Waals surface area contributed by atoms with Crippen LogP contribution in [0.5, 0.6) is 0 Å². The average Bonchev–Trinajstić information content (AvgIpc) is 2.81. The number of hydrogen-bond donors (Lipinski definition) is 1. The monoisotopic (exact) mass is 224 g/mol. The highest BCUT2D eigenvalue weighted by Gasteiger charge is 2.26. The summed E-state index contributed by atoms with van der Waals surface area (Å²) in [6.07, 6.45) is 3.83. The lowest BCUT2D eigenvalue weighted by Gasteiger charge is -2.32. The smallest absolute Gasteiger partial charge is 0.122 e. The minimum absolute atomic E-state index is 0.137. The summed E-state index contributed by atoms with van der Waals surface area (Å²) in [5.74, 6) is 0.990. The minimum Gasteiger partial charge on any atom is -0.468 e. The van der Waals surface area contributed by atoms with Crippen LogP contribution in [0.4, 0.5) is 0 Å². The van der Waals surface area contributed by atoms with Crippen LogP contribution in [0.2, 0.25) is 0 Å². The summed E-state index contributed by atoms with van der Waals surface area (Å²) >= 11 is 0. The van der Waals surface area contributed by atoms with Crippen LogP contribution in [0.1, 0.15) is 45.4 Å². The molecule has 3 nitrogen and oxygen atoms in total. The molecule has 1 aromatic heterocycles. The van der Waals surface area contributed by atoms with Crippen LogP contribution in [-0.2, 0) is 0 Å². The predicted octanol–water partition coefficient (Wildman–Crippen LogP) is 2.79. The number of furan rings is 1. The fourth-order valence-corrected chi connectivity index (χ4v) is 2.13. The van der Waals surface area contributed by atoms with Crippen molar-refractivity contribution in [3.63, 3.8) is 0 Å². The summed E-state index contributed by atoms with van der Waals surface area (Å²) in [6, 6.07) is 4.31. The molecule has 0 bridgehead atoms. The molecule has 0 fully saturated rings. The highest BCUT2D eigenvalue weighted by Crippen LogP contribution is 2.25. The molecule has 0 aliphatic carbocycles. The van der Waals surface area contributed by atoms with Crippen LogP contribution < -0.4 is 5.73 Å². The second-order valence-electron chi connectivity index (χ2n) is 4.16. The Bertz CT molecular complexity index is 271. The van der Waals surface area contributed by atoms with E-state index in [-0.39, 0.29) is 12.1 Å². The van der Waals surface area contributed by atoms with E-state index in [2.05, 4.69) is 25.7 Å². The van der Waals surface area contributed by atoms with E-state index in [9.17, 15) is 0 Å². The maximum atomic E-state index is 6.21. The van der Waals surface area contributed by atoms with Gasteiger partial charge in [0.1, 0.15) is 5.76 Å². The van der Waals surface area contributed by atoms with Gasteiger partial charge in [-0.25, -0.2) is 0 Å². The van der Waals surface area contributed by atoms with Crippen molar-refractivity contribution >= 4 is 0 Å². The highest BCUT2D eigenvalue weighted by atomic mass is 16.3. The summed E-state index contributed by atoms with van der Waals surface area (Å²) in [4.78, 5) is 2.40. The molecule has 92 valence electrons. The highest BCUT2D eigenvalue weighted by molar-refractivity contribution is 5.07. The molecule has 1 heterocycles. The summed E-state index contributed by atoms with van der Waals surface area (Å²) in [5.41, 5.74) is 6.21. The Morgan fingerprint density at radius 1 is 1.38 bits per heavy atom. The van der Waals surface area contributed by atoms with Gasteiger partial charge in [0.25, 0.3) is 0 Å². The SMILES string of the molecule is CCCN(CC)C(c1ccco1)C(N)CC. The summed E-state index contributed by atoms with van der Waals surface area (Å²) in [5, 5.41) is 0. The zero-order valence-corrected chi connectivity index (χ0v) is 10.6. The van der Waals surface area contributed by atoms with Crippen molar-refractivity contribution in [1.29, 1.82) is 0 Å². The maximum absolute atomic E-state index is 6.21. The quantitative estimate of drug-likeness (QED) is 0.774. The van der Waals surface area contributed by atoms with Gasteiger partial charge in [-0.2, -0.15) is 0 Å². The van der Waals surface area contributed by atoms with E-state index < -0.39 is 0 Å². The van der Waals surface area contributed by atoms with Gasteiger partial charge in [0.05, 0.1) is 12.3 Å². The molecule has 0 saturated carbocycles. The Hall–Kier alpha value is -0.800. The summed E-state index contributed by atoms with van der Waals surface area (Å²) in [7, 11) is 0. The van der Waals surface area contributed by atoms with Gasteiger partial charge in [0, 0.05) is 6.04 Å². The fraction of sp³-hybridized carbons (Fsp3) is 0.692. The van der Waals surface area contributed by atoms with Crippen LogP contribution >= 0.6 is 0 Å². The van der Waals surface area contributed by atoms with Crippen molar-refractivity contribution in [1.82, 2.24) is 4.90 Å². The maximum Gasteiger partial charge on any atom is 0.122 e. The number of nitrogens with two attached hydrogens (primary N) is 1. The Kier molecular flexibility index (Phi) is 5.56. The molecule has 16 heavy (non-hydrogen) atoms. The number of nitrogens with zero attached hydrogens (tertiary/aromatic N) is 1. The predicted molar refractivity (Wildman–Crippen MR) is 67.3 cm³/mol. The van der Waals surface area contributed by atoms with Gasteiger partial charge in [-0.1, -0.05) is 20.8 Å². The van der Waals surface area contributed by atoms with Crippen molar-refractivity contribution < 1.29 is 4.42 Å². The first-order valence-electron chi connectivity index (χ1n) is 6.27. The molecule has 0 saturated heterocycles. The zero-order valence-electron chi connectivity index (χ0n) is 10.6. The molecule has 0 radical (unpaired) electrons. The van der Waals surface area contributed by atoms with E-state index >= 15 is 0 Å². The van der Waals surface area contributed by atoms with Crippen LogP contribution in [0, 0.1) is 0 Å². The standard InChI is InChI=1S/C13H24N2O/c1-4-9-15(6-3)13(11(14)5-2)12-8-7-10-16-12/h7-8,10-11,13H,4-6,9,14H2,1-3H3. The lowest BCUT2D eigenvalue weighted by molar-refractivity contribution is 0.155. The van der Waals surface area contributed by atoms with E-state index in [1.165, 1.54) is 0 Å². The van der Waals surface area contributed by atoms with Gasteiger partial charge < -0.3 is 10.2 Å². The first kappa shape index (κ1) is 13.3. The van der Waals surface area contributed by atoms with E-state index in [1.807, 2.05) is 12.1 Å². The molecule has 2 unspecified atom stereocenters. The van der Waals surface area contributed by atoms with Gasteiger partial charge in [0.15, 0.2) is 0 Å². The number of rotatable bonds is 7. The molecular weight excluding hydrogens is 200 g/mol. The molecule has 0 aliphatic heterocycles. The average molecular weight is 224 g/mol. The van der Waals surface area contributed by atoms with Crippen LogP contribution in [-0.4, -0.2) is 24.0 Å². The second-order valence-corrected chi connectivity index (χ2v) is 4.16. The number of hydrogen-bond acceptors (Lipinski definition) is 3. The molecular formula is C13H24N2O. The fourth-order valence-electron chi connectivity index (χ4n) is 2.13. The molecule has 1 rings (SSSR count). The van der Waals surface area contributed by atoms with E-state index in [1.54, 1.807) is 6.26 Å². The second kappa shape index (κ2) is 6.71. The molecule has 2 N–H and O–H groups in total. The lowest BCUT2D eigenvalue weighted by atomic mass is 10.0. The topological polar surface area (TPSA) is 42.4 Å². The first-order valence-corrected chi connectivity index (χ1v) is 6.27. The molecule has 0 amide bonds. The third-order valence-corrected chi connectivity index (χ3v) is 3.02. The van der Waals surface area contributed by atoms with Gasteiger partial charge in [-0.3, -0.25) is 4.90 Å². The summed E-state index contributed by atoms with van der Waals surface area (Å²) < 4.78 is 5.53. The van der Waals surface area contributed by atoms with Gasteiger partial charge in [0.2, 0.25) is 0 Å². The molecule has 0 aromatic carbocycles. The van der Waals surface area contributed by atoms with Crippen molar-refractivity contribution in [3.8, 4) is 0 Å². The van der Waals surface area contributed by atoms with Crippen LogP contribution in [0.3, 0.4) is 0 Å². The van der Waals surface area contributed by atoms with Gasteiger partial charge >= 0.3 is 0 Å². The van der Waals surface area contributed by atoms with E-state index in [4.69, 9.17) is 10.2 Å². The lowest BCUT2D eigenvalue weighted by Crippen LogP contribution is -2.41. The third-order valence-electron chi connectivity index (χ3n) is 3.02. The van der Waals surface area contributed by atoms with Crippen molar-refractivity contribution in [2.75, 3.05) is 13.1 Å². The van der Waals surface area contributed by atoms with Crippen molar-refractivity contribution in [2.45, 2.75) is 45.7 Å². The Labute approximate surface area is 98.6 Å². The molecule has 0 aliphatic rings. The van der Waals surface area contributed by atoms with Crippen LogP contribution in [0.25, 0.3) is 0 Å². The minimum atomic E-state index is 0.137. The first-order chi connectivity index (χ1) is 7.74. The molecule has 2 atom stereocenters. The van der Waals surface area contributed by atoms with Gasteiger partial charge in [-0.15, -0.1) is 0 Å². The van der Waals surface area contributed by atoms with E-state index in [0.29, 0.717) is 0 Å². The van der Waals surface area contributed by atoms with Crippen molar-refractivity contribution in [2.24, 2.45) is 5.73 Å². The molecule has 3 heteroatoms. The number of likely N-dealkylation sites (N-methyl/N-ethyl adjacent to an activating group) is 1. The Morgan fingerprint density at radius 2 is 2.12 bits per heavy atom. The Morgan fingerprint density at radius 3 is 2.56 bits per heavy atom. The largest absolute Gasteiger partial charge is 0.468 e. The normalized spacial score (nSPS) is 15.3.